The van der Waals surface area contributed by atoms with Gasteiger partial charge in [0.25, 0.3) is 0 Å². The maximum absolute atomic E-state index is 11.5. The number of carbonyl (C=O) groups excluding carboxylic acids is 1. The number of hydrogen-bond donors (Lipinski definition) is 0. The Morgan fingerprint density at radius 3 is 2.93 bits per heavy atom. The zero-order valence-electron chi connectivity index (χ0n) is 9.49. The molecule has 3 heteroatoms. The Morgan fingerprint density at radius 1 is 1.60 bits per heavy atom. The molecule has 0 saturated carbocycles. The first-order valence-electron chi connectivity index (χ1n) is 5.19. The monoisotopic (exact) mass is 207 g/mol. The van der Waals surface area contributed by atoms with Crippen LogP contribution in [-0.2, 0) is 11.2 Å². The smallest absolute Gasteiger partial charge is 0.216 e. The minimum Gasteiger partial charge on any atom is -0.481 e. The Hall–Kier alpha value is -1.38. The van der Waals surface area contributed by atoms with Gasteiger partial charge in [-0.1, -0.05) is 19.9 Å². The predicted octanol–water partition coefficient (Wildman–Crippen LogP) is 2.25. The van der Waals surface area contributed by atoms with Crippen molar-refractivity contribution in [2.24, 2.45) is 5.92 Å². The average molecular weight is 207 g/mol. The van der Waals surface area contributed by atoms with Gasteiger partial charge in [0, 0.05) is 24.1 Å². The van der Waals surface area contributed by atoms with Crippen molar-refractivity contribution >= 4 is 5.78 Å². The molecule has 0 bridgehead atoms. The van der Waals surface area contributed by atoms with E-state index in [4.69, 9.17) is 4.74 Å². The van der Waals surface area contributed by atoms with Crippen molar-refractivity contribution in [1.29, 1.82) is 0 Å². The highest BCUT2D eigenvalue weighted by Gasteiger charge is 2.14. The normalized spacial score (nSPS) is 12.2. The number of rotatable bonds is 5. The zero-order chi connectivity index (χ0) is 11.3. The SMILES string of the molecule is CCC(=O)C(C)Cc1cccnc1OC. The molecule has 0 radical (unpaired) electrons. The summed E-state index contributed by atoms with van der Waals surface area (Å²) in [5.74, 6) is 0.933. The van der Waals surface area contributed by atoms with E-state index in [-0.39, 0.29) is 11.7 Å². The van der Waals surface area contributed by atoms with Gasteiger partial charge in [-0.05, 0) is 12.5 Å². The summed E-state index contributed by atoms with van der Waals surface area (Å²) in [4.78, 5) is 15.6. The Bertz CT molecular complexity index is 336. The van der Waals surface area contributed by atoms with Crippen LogP contribution in [0.5, 0.6) is 5.88 Å². The van der Waals surface area contributed by atoms with Gasteiger partial charge in [-0.15, -0.1) is 0 Å². The van der Waals surface area contributed by atoms with Crippen LogP contribution in [-0.4, -0.2) is 17.9 Å². The van der Waals surface area contributed by atoms with Crippen LogP contribution >= 0.6 is 0 Å². The minimum absolute atomic E-state index is 0.0353. The van der Waals surface area contributed by atoms with Crippen LogP contribution in [0.4, 0.5) is 0 Å². The third-order valence-electron chi connectivity index (χ3n) is 2.47. The summed E-state index contributed by atoms with van der Waals surface area (Å²) in [6, 6.07) is 3.81. The van der Waals surface area contributed by atoms with E-state index in [0.717, 1.165) is 5.56 Å². The molecule has 0 saturated heterocycles. The minimum atomic E-state index is 0.0353. The molecular weight excluding hydrogens is 190 g/mol. The topological polar surface area (TPSA) is 39.2 Å². The molecule has 82 valence electrons. The van der Waals surface area contributed by atoms with Crippen LogP contribution in [0, 0.1) is 5.92 Å². The van der Waals surface area contributed by atoms with Crippen LogP contribution < -0.4 is 4.74 Å². The molecule has 15 heavy (non-hydrogen) atoms. The van der Waals surface area contributed by atoms with Gasteiger partial charge in [-0.25, -0.2) is 4.98 Å². The first-order valence-corrected chi connectivity index (χ1v) is 5.19. The summed E-state index contributed by atoms with van der Waals surface area (Å²) in [5, 5.41) is 0. The molecule has 1 atom stereocenters. The fraction of sp³-hybridized carbons (Fsp3) is 0.500. The largest absolute Gasteiger partial charge is 0.481 e. The molecule has 0 N–H and O–H groups in total. The van der Waals surface area contributed by atoms with Crippen molar-refractivity contribution in [3.63, 3.8) is 0 Å². The van der Waals surface area contributed by atoms with Crippen molar-refractivity contribution < 1.29 is 9.53 Å². The third kappa shape index (κ3) is 3.05. The van der Waals surface area contributed by atoms with Gasteiger partial charge in [0.15, 0.2) is 0 Å². The second-order valence-electron chi connectivity index (χ2n) is 3.60. The molecule has 0 aromatic carbocycles. The summed E-state index contributed by atoms with van der Waals surface area (Å²) < 4.78 is 5.14. The van der Waals surface area contributed by atoms with Gasteiger partial charge >= 0.3 is 0 Å². The van der Waals surface area contributed by atoms with Crippen LogP contribution in [0.2, 0.25) is 0 Å². The third-order valence-corrected chi connectivity index (χ3v) is 2.47. The average Bonchev–Trinajstić information content (AvgIpc) is 2.28. The van der Waals surface area contributed by atoms with E-state index in [9.17, 15) is 4.79 Å². The van der Waals surface area contributed by atoms with E-state index in [0.29, 0.717) is 18.7 Å². The fourth-order valence-corrected chi connectivity index (χ4v) is 1.56. The number of methoxy groups -OCH3 is 1. The molecular formula is C12H17NO2. The highest BCUT2D eigenvalue weighted by Crippen LogP contribution is 2.18. The molecule has 1 rings (SSSR count). The quantitative estimate of drug-likeness (QED) is 0.743. The summed E-state index contributed by atoms with van der Waals surface area (Å²) in [5.41, 5.74) is 0.995. The second-order valence-corrected chi connectivity index (χ2v) is 3.60. The summed E-state index contributed by atoms with van der Waals surface area (Å²) in [6.07, 6.45) is 2.97. The highest BCUT2D eigenvalue weighted by molar-refractivity contribution is 5.80. The first-order chi connectivity index (χ1) is 7.19. The zero-order valence-corrected chi connectivity index (χ0v) is 9.49. The number of ketones is 1. The molecule has 0 fully saturated rings. The van der Waals surface area contributed by atoms with Gasteiger partial charge < -0.3 is 4.74 Å². The van der Waals surface area contributed by atoms with Gasteiger partial charge in [0.1, 0.15) is 5.78 Å². The molecule has 0 aliphatic heterocycles. The molecule has 1 heterocycles. The molecule has 0 aliphatic rings. The fourth-order valence-electron chi connectivity index (χ4n) is 1.56. The van der Waals surface area contributed by atoms with Crippen molar-refractivity contribution in [2.75, 3.05) is 7.11 Å². The predicted molar refractivity (Wildman–Crippen MR) is 59.0 cm³/mol. The van der Waals surface area contributed by atoms with Crippen LogP contribution in [0.3, 0.4) is 0 Å². The molecule has 1 unspecified atom stereocenters. The van der Waals surface area contributed by atoms with E-state index >= 15 is 0 Å². The maximum atomic E-state index is 11.5. The lowest BCUT2D eigenvalue weighted by molar-refractivity contribution is -0.122. The molecule has 1 aromatic rings. The van der Waals surface area contributed by atoms with E-state index in [1.54, 1.807) is 13.3 Å². The van der Waals surface area contributed by atoms with E-state index in [1.165, 1.54) is 0 Å². The highest BCUT2D eigenvalue weighted by atomic mass is 16.5. The van der Waals surface area contributed by atoms with Gasteiger partial charge in [0.05, 0.1) is 7.11 Å². The van der Waals surface area contributed by atoms with E-state index in [2.05, 4.69) is 4.98 Å². The second kappa shape index (κ2) is 5.49. The molecule has 1 aromatic heterocycles. The lowest BCUT2D eigenvalue weighted by Gasteiger charge is -2.11. The Morgan fingerprint density at radius 2 is 2.33 bits per heavy atom. The number of aromatic nitrogens is 1. The summed E-state index contributed by atoms with van der Waals surface area (Å²) in [6.45, 7) is 3.83. The van der Waals surface area contributed by atoms with E-state index < -0.39 is 0 Å². The number of hydrogen-bond acceptors (Lipinski definition) is 3. The van der Waals surface area contributed by atoms with Gasteiger partial charge in [-0.3, -0.25) is 4.79 Å². The van der Waals surface area contributed by atoms with Crippen LogP contribution in [0.25, 0.3) is 0 Å². The molecule has 0 spiro atoms. The number of nitrogens with zero attached hydrogens (tertiary/aromatic N) is 1. The number of pyridine rings is 1. The Balaban J connectivity index is 2.75. The lowest BCUT2D eigenvalue weighted by atomic mass is 9.96. The van der Waals surface area contributed by atoms with Crippen molar-refractivity contribution in [2.45, 2.75) is 26.7 Å². The van der Waals surface area contributed by atoms with Crippen LogP contribution in [0.15, 0.2) is 18.3 Å². The molecule has 0 aliphatic carbocycles. The van der Waals surface area contributed by atoms with Crippen LogP contribution in [0.1, 0.15) is 25.8 Å². The van der Waals surface area contributed by atoms with Crippen molar-refractivity contribution in [1.82, 2.24) is 4.98 Å². The summed E-state index contributed by atoms with van der Waals surface area (Å²) in [7, 11) is 1.60. The van der Waals surface area contributed by atoms with Crippen molar-refractivity contribution in [3.8, 4) is 5.88 Å². The van der Waals surface area contributed by atoms with Gasteiger partial charge in [0.2, 0.25) is 5.88 Å². The molecule has 3 nitrogen and oxygen atoms in total. The van der Waals surface area contributed by atoms with Gasteiger partial charge in [-0.2, -0.15) is 0 Å². The van der Waals surface area contributed by atoms with Crippen molar-refractivity contribution in [3.05, 3.63) is 23.9 Å². The maximum Gasteiger partial charge on any atom is 0.216 e. The standard InChI is InChI=1S/C12H17NO2/c1-4-11(14)9(2)8-10-6-5-7-13-12(10)15-3/h5-7,9H,4,8H2,1-3H3. The Kier molecular flexibility index (Phi) is 4.28. The lowest BCUT2D eigenvalue weighted by Crippen LogP contribution is -2.13. The van der Waals surface area contributed by atoms with E-state index in [1.807, 2.05) is 26.0 Å². The summed E-state index contributed by atoms with van der Waals surface area (Å²) >= 11 is 0. The Labute approximate surface area is 90.5 Å². The number of carbonyl (C=O) groups is 1. The number of ether oxygens (including phenoxy) is 1. The first kappa shape index (κ1) is 11.7. The molecule has 0 amide bonds. The number of Topliss-reactive ketones (excluding diaryl/α,β-unsaturated/α-hetero) is 1.